The van der Waals surface area contributed by atoms with Gasteiger partial charge in [-0.05, 0) is 28.5 Å². The Morgan fingerprint density at radius 3 is 2.48 bits per heavy atom. The van der Waals surface area contributed by atoms with Crippen LogP contribution in [0.1, 0.15) is 48.7 Å². The molecular formula is C18H25NO4. The average molecular weight is 319 g/mol. The van der Waals surface area contributed by atoms with Crippen LogP contribution in [0.15, 0.2) is 18.2 Å². The second-order valence-electron chi connectivity index (χ2n) is 7.24. The summed E-state index contributed by atoms with van der Waals surface area (Å²) in [5, 5.41) is 9.46. The minimum atomic E-state index is -0.885. The van der Waals surface area contributed by atoms with E-state index in [2.05, 4.69) is 4.90 Å². The molecule has 0 radical (unpaired) electrons. The van der Waals surface area contributed by atoms with Crippen molar-refractivity contribution >= 4 is 11.9 Å². The van der Waals surface area contributed by atoms with Gasteiger partial charge in [-0.15, -0.1) is 0 Å². The summed E-state index contributed by atoms with van der Waals surface area (Å²) >= 11 is 0. The van der Waals surface area contributed by atoms with E-state index in [1.165, 1.54) is 7.11 Å². The standard InChI is InChI=1S/C18H25NO4/c1-18(2,3)16-13(6-5-7-14(16)17(21)22)11-19-9-12(10-19)8-15(20)23-4/h5-7,12H,8-11H2,1-4H3,(H,21,22). The van der Waals surface area contributed by atoms with Gasteiger partial charge in [0, 0.05) is 19.6 Å². The van der Waals surface area contributed by atoms with Crippen LogP contribution in [0, 0.1) is 5.92 Å². The molecule has 1 fully saturated rings. The number of aromatic carboxylic acids is 1. The Kier molecular flexibility index (Phi) is 5.09. The molecule has 23 heavy (non-hydrogen) atoms. The highest BCUT2D eigenvalue weighted by Gasteiger charge is 2.31. The van der Waals surface area contributed by atoms with Crippen molar-refractivity contribution in [3.63, 3.8) is 0 Å². The first-order chi connectivity index (χ1) is 10.7. The van der Waals surface area contributed by atoms with Gasteiger partial charge in [0.25, 0.3) is 0 Å². The molecule has 1 aromatic carbocycles. The zero-order chi connectivity index (χ0) is 17.2. The van der Waals surface area contributed by atoms with E-state index < -0.39 is 5.97 Å². The number of likely N-dealkylation sites (tertiary alicyclic amines) is 1. The molecule has 0 amide bonds. The molecule has 2 rings (SSSR count). The molecule has 1 N–H and O–H groups in total. The number of ether oxygens (including phenoxy) is 1. The third-order valence-corrected chi connectivity index (χ3v) is 4.24. The molecule has 5 nitrogen and oxygen atoms in total. The number of carbonyl (C=O) groups excluding carboxylic acids is 1. The largest absolute Gasteiger partial charge is 0.478 e. The van der Waals surface area contributed by atoms with Crippen LogP contribution in [-0.4, -0.2) is 42.1 Å². The number of methoxy groups -OCH3 is 1. The van der Waals surface area contributed by atoms with Crippen LogP contribution in [0.2, 0.25) is 0 Å². The second-order valence-corrected chi connectivity index (χ2v) is 7.24. The molecule has 126 valence electrons. The summed E-state index contributed by atoms with van der Waals surface area (Å²) in [5.41, 5.74) is 2.08. The zero-order valence-electron chi connectivity index (χ0n) is 14.3. The molecule has 1 aliphatic heterocycles. The average Bonchev–Trinajstić information content (AvgIpc) is 2.43. The lowest BCUT2D eigenvalue weighted by Crippen LogP contribution is -2.47. The summed E-state index contributed by atoms with van der Waals surface area (Å²) in [4.78, 5) is 25.1. The molecule has 0 bridgehead atoms. The molecule has 0 unspecified atom stereocenters. The Morgan fingerprint density at radius 1 is 1.30 bits per heavy atom. The van der Waals surface area contributed by atoms with E-state index in [4.69, 9.17) is 4.74 Å². The van der Waals surface area contributed by atoms with Crippen molar-refractivity contribution in [1.29, 1.82) is 0 Å². The molecule has 1 aromatic rings. The van der Waals surface area contributed by atoms with Gasteiger partial charge in [-0.25, -0.2) is 4.79 Å². The van der Waals surface area contributed by atoms with Crippen LogP contribution in [0.25, 0.3) is 0 Å². The van der Waals surface area contributed by atoms with Gasteiger partial charge >= 0.3 is 11.9 Å². The first kappa shape index (κ1) is 17.5. The third kappa shape index (κ3) is 4.10. The van der Waals surface area contributed by atoms with Crippen LogP contribution < -0.4 is 0 Å². The smallest absolute Gasteiger partial charge is 0.335 e. The lowest BCUT2D eigenvalue weighted by molar-refractivity contribution is -0.143. The van der Waals surface area contributed by atoms with E-state index in [0.29, 0.717) is 24.4 Å². The summed E-state index contributed by atoms with van der Waals surface area (Å²) in [6, 6.07) is 5.48. The van der Waals surface area contributed by atoms with Gasteiger partial charge in [0.2, 0.25) is 0 Å². The normalized spacial score (nSPS) is 16.0. The summed E-state index contributed by atoms with van der Waals surface area (Å²) in [6.45, 7) is 8.51. The fraction of sp³-hybridized carbons (Fsp3) is 0.556. The summed E-state index contributed by atoms with van der Waals surface area (Å²) in [6.07, 6.45) is 0.453. The maximum absolute atomic E-state index is 11.5. The van der Waals surface area contributed by atoms with Crippen molar-refractivity contribution in [1.82, 2.24) is 4.90 Å². The van der Waals surface area contributed by atoms with Gasteiger partial charge in [0.1, 0.15) is 0 Å². The summed E-state index contributed by atoms with van der Waals surface area (Å²) < 4.78 is 4.69. The van der Waals surface area contributed by atoms with E-state index in [1.54, 1.807) is 12.1 Å². The van der Waals surface area contributed by atoms with Crippen LogP contribution in [0.5, 0.6) is 0 Å². The summed E-state index contributed by atoms with van der Waals surface area (Å²) in [5.74, 6) is -0.718. The Balaban J connectivity index is 2.11. The van der Waals surface area contributed by atoms with Gasteiger partial charge in [-0.2, -0.15) is 0 Å². The fourth-order valence-corrected chi connectivity index (χ4v) is 3.29. The van der Waals surface area contributed by atoms with Gasteiger partial charge in [0.15, 0.2) is 0 Å². The highest BCUT2D eigenvalue weighted by Crippen LogP contribution is 2.32. The molecule has 1 heterocycles. The molecule has 0 aromatic heterocycles. The van der Waals surface area contributed by atoms with Gasteiger partial charge in [-0.3, -0.25) is 9.69 Å². The number of hydrogen-bond donors (Lipinski definition) is 1. The number of nitrogens with zero attached hydrogens (tertiary/aromatic N) is 1. The fourth-order valence-electron chi connectivity index (χ4n) is 3.29. The van der Waals surface area contributed by atoms with Crippen molar-refractivity contribution in [2.45, 2.75) is 39.2 Å². The Morgan fingerprint density at radius 2 is 1.96 bits per heavy atom. The predicted molar refractivity (Wildman–Crippen MR) is 87.5 cm³/mol. The number of esters is 1. The Labute approximate surface area is 137 Å². The predicted octanol–water partition coefficient (Wildman–Crippen LogP) is 2.68. The highest BCUT2D eigenvalue weighted by atomic mass is 16.5. The van der Waals surface area contributed by atoms with E-state index in [0.717, 1.165) is 24.2 Å². The topological polar surface area (TPSA) is 66.8 Å². The Hall–Kier alpha value is -1.88. The van der Waals surface area contributed by atoms with Gasteiger partial charge in [0.05, 0.1) is 19.1 Å². The SMILES string of the molecule is COC(=O)CC1CN(Cc2cccc(C(=O)O)c2C(C)(C)C)C1. The molecule has 0 saturated carbocycles. The first-order valence-corrected chi connectivity index (χ1v) is 7.87. The minimum absolute atomic E-state index is 0.169. The quantitative estimate of drug-likeness (QED) is 0.845. The van der Waals surface area contributed by atoms with Crippen LogP contribution >= 0.6 is 0 Å². The summed E-state index contributed by atoms with van der Waals surface area (Å²) in [7, 11) is 1.41. The van der Waals surface area contributed by atoms with E-state index in [1.807, 2.05) is 26.8 Å². The number of rotatable bonds is 5. The number of carboxylic acids is 1. The van der Waals surface area contributed by atoms with E-state index in [9.17, 15) is 14.7 Å². The Bertz CT molecular complexity index is 598. The van der Waals surface area contributed by atoms with Gasteiger partial charge < -0.3 is 9.84 Å². The second kappa shape index (κ2) is 6.71. The van der Waals surface area contributed by atoms with Crippen molar-refractivity contribution < 1.29 is 19.4 Å². The molecular weight excluding hydrogens is 294 g/mol. The van der Waals surface area contributed by atoms with E-state index in [-0.39, 0.29) is 11.4 Å². The van der Waals surface area contributed by atoms with Crippen molar-refractivity contribution in [3.05, 3.63) is 34.9 Å². The molecule has 1 aliphatic rings. The molecule has 0 atom stereocenters. The molecule has 0 aliphatic carbocycles. The minimum Gasteiger partial charge on any atom is -0.478 e. The molecule has 5 heteroatoms. The van der Waals surface area contributed by atoms with E-state index >= 15 is 0 Å². The lowest BCUT2D eigenvalue weighted by atomic mass is 9.80. The van der Waals surface area contributed by atoms with Gasteiger partial charge in [-0.1, -0.05) is 32.9 Å². The van der Waals surface area contributed by atoms with Crippen molar-refractivity contribution in [2.75, 3.05) is 20.2 Å². The van der Waals surface area contributed by atoms with Crippen LogP contribution in [0.3, 0.4) is 0 Å². The van der Waals surface area contributed by atoms with Crippen LogP contribution in [-0.2, 0) is 21.5 Å². The maximum Gasteiger partial charge on any atom is 0.335 e. The third-order valence-electron chi connectivity index (χ3n) is 4.24. The number of benzene rings is 1. The number of carbonyl (C=O) groups is 2. The highest BCUT2D eigenvalue weighted by molar-refractivity contribution is 5.90. The first-order valence-electron chi connectivity index (χ1n) is 7.87. The number of carboxylic acid groups (broad SMARTS) is 1. The molecule has 1 saturated heterocycles. The zero-order valence-corrected chi connectivity index (χ0v) is 14.3. The monoisotopic (exact) mass is 319 g/mol. The lowest BCUT2D eigenvalue weighted by Gasteiger charge is -2.40. The molecule has 0 spiro atoms. The van der Waals surface area contributed by atoms with Crippen LogP contribution in [0.4, 0.5) is 0 Å². The van der Waals surface area contributed by atoms with Crippen molar-refractivity contribution in [3.8, 4) is 0 Å². The van der Waals surface area contributed by atoms with Crippen molar-refractivity contribution in [2.24, 2.45) is 5.92 Å². The number of hydrogen-bond acceptors (Lipinski definition) is 4. The maximum atomic E-state index is 11.5.